The third-order valence-corrected chi connectivity index (χ3v) is 4.52. The fourth-order valence-electron chi connectivity index (χ4n) is 3.09. The van der Waals surface area contributed by atoms with Crippen LogP contribution in [-0.4, -0.2) is 37.6 Å². The maximum absolute atomic E-state index is 12.7. The number of anilines is 2. The van der Waals surface area contributed by atoms with Crippen LogP contribution in [-0.2, 0) is 4.79 Å². The highest BCUT2D eigenvalue weighted by Gasteiger charge is 2.33. The first-order chi connectivity index (χ1) is 13.0. The van der Waals surface area contributed by atoms with Crippen LogP contribution in [0.2, 0.25) is 0 Å². The van der Waals surface area contributed by atoms with Crippen molar-refractivity contribution in [1.29, 1.82) is 0 Å². The van der Waals surface area contributed by atoms with Gasteiger partial charge in [-0.15, -0.1) is 0 Å². The lowest BCUT2D eigenvalue weighted by atomic mass is 9.95. The van der Waals surface area contributed by atoms with E-state index in [0.717, 1.165) is 17.7 Å². The Labute approximate surface area is 158 Å². The molecule has 142 valence electrons. The fourth-order valence-corrected chi connectivity index (χ4v) is 3.09. The molecule has 0 spiro atoms. The molecular formula is C20H23N3O4. The maximum Gasteiger partial charge on any atom is 0.322 e. The van der Waals surface area contributed by atoms with Crippen molar-refractivity contribution in [2.24, 2.45) is 0 Å². The molecule has 0 bridgehead atoms. The van der Waals surface area contributed by atoms with Crippen LogP contribution in [0.15, 0.2) is 42.5 Å². The van der Waals surface area contributed by atoms with E-state index < -0.39 is 0 Å². The average molecular weight is 369 g/mol. The van der Waals surface area contributed by atoms with Crippen LogP contribution in [0.4, 0.5) is 16.2 Å². The van der Waals surface area contributed by atoms with E-state index in [4.69, 9.17) is 9.47 Å². The number of nitrogens with zero attached hydrogens (tertiary/aromatic N) is 1. The molecule has 2 aromatic carbocycles. The number of rotatable bonds is 5. The van der Waals surface area contributed by atoms with Gasteiger partial charge in [0.2, 0.25) is 5.91 Å². The van der Waals surface area contributed by atoms with Crippen LogP contribution in [0.3, 0.4) is 0 Å². The minimum Gasteiger partial charge on any atom is -0.497 e. The van der Waals surface area contributed by atoms with Gasteiger partial charge in [0.1, 0.15) is 11.5 Å². The fraction of sp³-hybridized carbons (Fsp3) is 0.300. The molecule has 7 nitrogen and oxygen atoms in total. The van der Waals surface area contributed by atoms with E-state index in [1.807, 2.05) is 24.3 Å². The first-order valence-electron chi connectivity index (χ1n) is 8.69. The summed E-state index contributed by atoms with van der Waals surface area (Å²) in [6.45, 7) is 2.10. The zero-order valence-electron chi connectivity index (χ0n) is 15.6. The van der Waals surface area contributed by atoms with Crippen molar-refractivity contribution in [3.8, 4) is 11.5 Å². The highest BCUT2D eigenvalue weighted by atomic mass is 16.5. The average Bonchev–Trinajstić information content (AvgIpc) is 2.60. The van der Waals surface area contributed by atoms with Crippen molar-refractivity contribution in [3.63, 3.8) is 0 Å². The lowest BCUT2D eigenvalue weighted by Crippen LogP contribution is -2.47. The molecule has 0 aliphatic carbocycles. The van der Waals surface area contributed by atoms with Gasteiger partial charge in [-0.3, -0.25) is 4.79 Å². The van der Waals surface area contributed by atoms with Crippen molar-refractivity contribution < 1.29 is 19.1 Å². The second-order valence-corrected chi connectivity index (χ2v) is 6.30. The van der Waals surface area contributed by atoms with Gasteiger partial charge in [0.25, 0.3) is 0 Å². The SMILES string of the molecule is COc1cccc(C2CCN2C(=O)Nc2ccc(OC)c(NC(C)=O)c2)c1. The van der Waals surface area contributed by atoms with E-state index in [2.05, 4.69) is 10.6 Å². The zero-order valence-corrected chi connectivity index (χ0v) is 15.6. The lowest BCUT2D eigenvalue weighted by Gasteiger charge is -2.41. The van der Waals surface area contributed by atoms with Gasteiger partial charge in [0, 0.05) is 19.2 Å². The quantitative estimate of drug-likeness (QED) is 0.843. The molecule has 1 aliphatic rings. The summed E-state index contributed by atoms with van der Waals surface area (Å²) in [6, 6.07) is 12.7. The molecule has 0 saturated carbocycles. The van der Waals surface area contributed by atoms with Crippen LogP contribution in [0, 0.1) is 0 Å². The van der Waals surface area contributed by atoms with Gasteiger partial charge in [0.15, 0.2) is 0 Å². The number of nitrogens with one attached hydrogen (secondary N) is 2. The van der Waals surface area contributed by atoms with Crippen molar-refractivity contribution in [2.75, 3.05) is 31.4 Å². The number of amides is 3. The van der Waals surface area contributed by atoms with Gasteiger partial charge in [-0.05, 0) is 42.3 Å². The molecule has 1 atom stereocenters. The molecule has 7 heteroatoms. The van der Waals surface area contributed by atoms with E-state index in [0.29, 0.717) is 23.7 Å². The monoisotopic (exact) mass is 369 g/mol. The third-order valence-electron chi connectivity index (χ3n) is 4.52. The Balaban J connectivity index is 1.72. The largest absolute Gasteiger partial charge is 0.497 e. The molecule has 0 radical (unpaired) electrons. The Bertz CT molecular complexity index is 853. The van der Waals surface area contributed by atoms with E-state index in [-0.39, 0.29) is 18.0 Å². The minimum atomic E-state index is -0.211. The highest BCUT2D eigenvalue weighted by molar-refractivity contribution is 5.94. The molecule has 1 saturated heterocycles. The zero-order chi connectivity index (χ0) is 19.4. The topological polar surface area (TPSA) is 79.9 Å². The number of hydrogen-bond donors (Lipinski definition) is 2. The normalized spacial score (nSPS) is 15.5. The van der Waals surface area contributed by atoms with Crippen LogP contribution < -0.4 is 20.1 Å². The first-order valence-corrected chi connectivity index (χ1v) is 8.69. The summed E-state index contributed by atoms with van der Waals surface area (Å²) < 4.78 is 10.5. The molecule has 2 N–H and O–H groups in total. The second-order valence-electron chi connectivity index (χ2n) is 6.30. The number of carbonyl (C=O) groups is 2. The number of carbonyl (C=O) groups excluding carboxylic acids is 2. The number of hydrogen-bond acceptors (Lipinski definition) is 4. The Kier molecular flexibility index (Phi) is 5.49. The van der Waals surface area contributed by atoms with E-state index in [1.165, 1.54) is 14.0 Å². The summed E-state index contributed by atoms with van der Waals surface area (Å²) in [5.41, 5.74) is 2.14. The smallest absolute Gasteiger partial charge is 0.322 e. The summed E-state index contributed by atoms with van der Waals surface area (Å²) in [4.78, 5) is 25.8. The Morgan fingerprint density at radius 2 is 1.89 bits per heavy atom. The number of benzene rings is 2. The van der Waals surface area contributed by atoms with Crippen molar-refractivity contribution in [2.45, 2.75) is 19.4 Å². The van der Waals surface area contributed by atoms with Crippen LogP contribution in [0.1, 0.15) is 24.9 Å². The Hall–Kier alpha value is -3.22. The van der Waals surface area contributed by atoms with Crippen molar-refractivity contribution in [3.05, 3.63) is 48.0 Å². The van der Waals surface area contributed by atoms with E-state index in [1.54, 1.807) is 30.2 Å². The lowest BCUT2D eigenvalue weighted by molar-refractivity contribution is -0.114. The molecule has 1 aliphatic heterocycles. The number of urea groups is 1. The summed E-state index contributed by atoms with van der Waals surface area (Å²) in [7, 11) is 3.15. The molecule has 3 rings (SSSR count). The maximum atomic E-state index is 12.7. The van der Waals surface area contributed by atoms with Gasteiger partial charge >= 0.3 is 6.03 Å². The van der Waals surface area contributed by atoms with Gasteiger partial charge in [-0.2, -0.15) is 0 Å². The second kappa shape index (κ2) is 7.99. The molecule has 1 unspecified atom stereocenters. The standard InChI is InChI=1S/C20H23N3O4/c1-13(24)21-17-12-15(7-8-19(17)27-3)22-20(25)23-10-9-18(23)14-5-4-6-16(11-14)26-2/h4-8,11-12,18H,9-10H2,1-3H3,(H,21,24)(H,22,25). The van der Waals surface area contributed by atoms with Crippen LogP contribution >= 0.6 is 0 Å². The van der Waals surface area contributed by atoms with Crippen molar-refractivity contribution in [1.82, 2.24) is 4.90 Å². The van der Waals surface area contributed by atoms with Crippen LogP contribution in [0.25, 0.3) is 0 Å². The number of methoxy groups -OCH3 is 2. The van der Waals surface area contributed by atoms with Gasteiger partial charge in [-0.25, -0.2) is 4.79 Å². The predicted octanol–water partition coefficient (Wildman–Crippen LogP) is 3.64. The summed E-state index contributed by atoms with van der Waals surface area (Å²) in [6.07, 6.45) is 0.903. The summed E-state index contributed by atoms with van der Waals surface area (Å²) in [5, 5.41) is 5.59. The van der Waals surface area contributed by atoms with Gasteiger partial charge in [0.05, 0.1) is 25.9 Å². The van der Waals surface area contributed by atoms with Crippen LogP contribution in [0.5, 0.6) is 11.5 Å². The van der Waals surface area contributed by atoms with Gasteiger partial charge in [-0.1, -0.05) is 12.1 Å². The van der Waals surface area contributed by atoms with E-state index >= 15 is 0 Å². The molecular weight excluding hydrogens is 346 g/mol. The Morgan fingerprint density at radius 1 is 1.07 bits per heavy atom. The molecule has 1 heterocycles. The predicted molar refractivity (Wildman–Crippen MR) is 103 cm³/mol. The number of likely N-dealkylation sites (tertiary alicyclic amines) is 1. The summed E-state index contributed by atoms with van der Waals surface area (Å²) >= 11 is 0. The van der Waals surface area contributed by atoms with Crippen molar-refractivity contribution >= 4 is 23.3 Å². The molecule has 27 heavy (non-hydrogen) atoms. The minimum absolute atomic E-state index is 0.0214. The molecule has 3 amide bonds. The molecule has 0 aromatic heterocycles. The summed E-state index contributed by atoms with van der Waals surface area (Å²) in [5.74, 6) is 1.09. The van der Waals surface area contributed by atoms with E-state index in [9.17, 15) is 9.59 Å². The molecule has 1 fully saturated rings. The first kappa shape index (κ1) is 18.6. The third kappa shape index (κ3) is 4.13. The van der Waals surface area contributed by atoms with Gasteiger partial charge < -0.3 is 25.0 Å². The molecule has 2 aromatic rings. The number of ether oxygens (including phenoxy) is 2. The highest BCUT2D eigenvalue weighted by Crippen LogP contribution is 2.35. The Morgan fingerprint density at radius 3 is 2.52 bits per heavy atom.